The van der Waals surface area contributed by atoms with Crippen LogP contribution in [0.4, 0.5) is 4.79 Å². The number of nitrogens with zero attached hydrogens (tertiary/aromatic N) is 2. The molecule has 1 aliphatic heterocycles. The van der Waals surface area contributed by atoms with Gasteiger partial charge in [-0.05, 0) is 39.3 Å². The summed E-state index contributed by atoms with van der Waals surface area (Å²) < 4.78 is 15.6. The van der Waals surface area contributed by atoms with Crippen LogP contribution in [0.3, 0.4) is 0 Å². The highest BCUT2D eigenvalue weighted by molar-refractivity contribution is 5.95. The lowest BCUT2D eigenvalue weighted by Crippen LogP contribution is -2.43. The van der Waals surface area contributed by atoms with Gasteiger partial charge in [0, 0.05) is 37.8 Å². The van der Waals surface area contributed by atoms with Crippen molar-refractivity contribution in [1.82, 2.24) is 15.1 Å². The lowest BCUT2D eigenvalue weighted by Gasteiger charge is -2.23. The van der Waals surface area contributed by atoms with Crippen LogP contribution >= 0.6 is 0 Å². The van der Waals surface area contributed by atoms with Crippen molar-refractivity contribution in [3.05, 3.63) is 23.8 Å². The highest BCUT2D eigenvalue weighted by Crippen LogP contribution is 2.23. The van der Waals surface area contributed by atoms with Gasteiger partial charge in [-0.15, -0.1) is 0 Å². The number of hydrogen-bond donors (Lipinski definition) is 1. The van der Waals surface area contributed by atoms with Gasteiger partial charge in [-0.3, -0.25) is 9.59 Å². The number of methoxy groups -OCH3 is 2. The molecule has 0 bridgehead atoms. The minimum Gasteiger partial charge on any atom is -0.497 e. The van der Waals surface area contributed by atoms with Crippen LogP contribution in [0, 0.1) is 0 Å². The second kappa shape index (κ2) is 10.2. The Hall–Kier alpha value is -2.97. The summed E-state index contributed by atoms with van der Waals surface area (Å²) in [6.45, 7) is 6.96. The number of alkyl carbamates (subject to hydrolysis) is 1. The standard InChI is InChI=1S/C21H31N3O6/c1-21(2,3)30-20(27)22-14-18(25)23-7-6-8-24(10-9-23)19(26)15-11-16(28-4)13-17(12-15)29-5/h11-13H,6-10,14H2,1-5H3,(H,22,27). The Morgan fingerprint density at radius 1 is 0.933 bits per heavy atom. The van der Waals surface area contributed by atoms with Crippen molar-refractivity contribution in [2.24, 2.45) is 0 Å². The number of benzene rings is 1. The Bertz CT molecular complexity index is 752. The van der Waals surface area contributed by atoms with E-state index in [1.54, 1.807) is 48.8 Å². The topological polar surface area (TPSA) is 97.4 Å². The molecular formula is C21H31N3O6. The maximum atomic E-state index is 13.0. The van der Waals surface area contributed by atoms with Gasteiger partial charge in [0.05, 0.1) is 14.2 Å². The van der Waals surface area contributed by atoms with Crippen molar-refractivity contribution >= 4 is 17.9 Å². The maximum absolute atomic E-state index is 13.0. The Kier molecular flexibility index (Phi) is 7.91. The summed E-state index contributed by atoms with van der Waals surface area (Å²) in [5.41, 5.74) is -0.156. The molecule has 0 aromatic heterocycles. The molecule has 0 spiro atoms. The SMILES string of the molecule is COc1cc(OC)cc(C(=O)N2CCCN(C(=O)CNC(=O)OC(C)(C)C)CC2)c1. The van der Waals surface area contributed by atoms with Crippen LogP contribution in [0.2, 0.25) is 0 Å². The zero-order chi connectivity index (χ0) is 22.3. The van der Waals surface area contributed by atoms with E-state index in [0.717, 1.165) is 0 Å². The molecule has 1 aromatic carbocycles. The molecular weight excluding hydrogens is 390 g/mol. The van der Waals surface area contributed by atoms with Gasteiger partial charge in [-0.1, -0.05) is 0 Å². The smallest absolute Gasteiger partial charge is 0.408 e. The van der Waals surface area contributed by atoms with Gasteiger partial charge in [-0.2, -0.15) is 0 Å². The van der Waals surface area contributed by atoms with E-state index < -0.39 is 11.7 Å². The molecule has 0 atom stereocenters. The second-order valence-corrected chi connectivity index (χ2v) is 7.98. The number of amides is 3. The van der Waals surface area contributed by atoms with Crippen LogP contribution in [0.15, 0.2) is 18.2 Å². The Labute approximate surface area is 177 Å². The van der Waals surface area contributed by atoms with Crippen LogP contribution in [-0.2, 0) is 9.53 Å². The number of carbonyl (C=O) groups excluding carboxylic acids is 3. The second-order valence-electron chi connectivity index (χ2n) is 7.98. The summed E-state index contributed by atoms with van der Waals surface area (Å²) in [4.78, 5) is 40.5. The van der Waals surface area contributed by atoms with E-state index in [2.05, 4.69) is 5.32 Å². The lowest BCUT2D eigenvalue weighted by molar-refractivity contribution is -0.130. The first-order valence-corrected chi connectivity index (χ1v) is 9.90. The fraction of sp³-hybridized carbons (Fsp3) is 0.571. The molecule has 166 valence electrons. The first-order valence-electron chi connectivity index (χ1n) is 9.90. The Balaban J connectivity index is 1.94. The summed E-state index contributed by atoms with van der Waals surface area (Å²) in [6.07, 6.45) is 0.0137. The third-order valence-electron chi connectivity index (χ3n) is 4.52. The van der Waals surface area contributed by atoms with E-state index in [0.29, 0.717) is 49.7 Å². The van der Waals surface area contributed by atoms with Crippen LogP contribution in [0.5, 0.6) is 11.5 Å². The molecule has 3 amide bonds. The number of carbonyl (C=O) groups is 3. The van der Waals surface area contributed by atoms with Crippen molar-refractivity contribution in [2.75, 3.05) is 46.9 Å². The first kappa shape index (κ1) is 23.3. The molecule has 1 aliphatic rings. The van der Waals surface area contributed by atoms with Crippen molar-refractivity contribution in [1.29, 1.82) is 0 Å². The third-order valence-corrected chi connectivity index (χ3v) is 4.52. The van der Waals surface area contributed by atoms with Gasteiger partial charge < -0.3 is 29.3 Å². The van der Waals surface area contributed by atoms with Gasteiger partial charge in [0.1, 0.15) is 23.6 Å². The van der Waals surface area contributed by atoms with Crippen molar-refractivity contribution < 1.29 is 28.6 Å². The van der Waals surface area contributed by atoms with Crippen molar-refractivity contribution in [3.63, 3.8) is 0 Å². The Morgan fingerprint density at radius 3 is 2.07 bits per heavy atom. The van der Waals surface area contributed by atoms with Crippen LogP contribution < -0.4 is 14.8 Å². The molecule has 1 fully saturated rings. The quantitative estimate of drug-likeness (QED) is 0.780. The van der Waals surface area contributed by atoms with E-state index in [-0.39, 0.29) is 18.4 Å². The molecule has 0 aliphatic carbocycles. The van der Waals surface area contributed by atoms with Gasteiger partial charge in [-0.25, -0.2) is 4.79 Å². The molecule has 1 heterocycles. The van der Waals surface area contributed by atoms with Crippen molar-refractivity contribution in [3.8, 4) is 11.5 Å². The summed E-state index contributed by atoms with van der Waals surface area (Å²) in [5, 5.41) is 2.48. The van der Waals surface area contributed by atoms with Gasteiger partial charge in [0.25, 0.3) is 5.91 Å². The van der Waals surface area contributed by atoms with Crippen LogP contribution in [0.1, 0.15) is 37.6 Å². The fourth-order valence-corrected chi connectivity index (χ4v) is 3.06. The van der Waals surface area contributed by atoms with Gasteiger partial charge in [0.15, 0.2) is 0 Å². The molecule has 1 aromatic rings. The van der Waals surface area contributed by atoms with Gasteiger partial charge in [0.2, 0.25) is 5.91 Å². The lowest BCUT2D eigenvalue weighted by atomic mass is 10.1. The summed E-state index contributed by atoms with van der Waals surface area (Å²) in [5.74, 6) is 0.724. The highest BCUT2D eigenvalue weighted by Gasteiger charge is 2.24. The zero-order valence-corrected chi connectivity index (χ0v) is 18.3. The molecule has 0 unspecified atom stereocenters. The summed E-state index contributed by atoms with van der Waals surface area (Å²) in [7, 11) is 3.06. The van der Waals surface area contributed by atoms with E-state index in [1.807, 2.05) is 0 Å². The summed E-state index contributed by atoms with van der Waals surface area (Å²) >= 11 is 0. The number of ether oxygens (including phenoxy) is 3. The average Bonchev–Trinajstić information content (AvgIpc) is 2.96. The maximum Gasteiger partial charge on any atom is 0.408 e. The fourth-order valence-electron chi connectivity index (χ4n) is 3.06. The van der Waals surface area contributed by atoms with E-state index in [9.17, 15) is 14.4 Å². The van der Waals surface area contributed by atoms with Crippen molar-refractivity contribution in [2.45, 2.75) is 32.8 Å². The predicted octanol–water partition coefficient (Wildman–Crippen LogP) is 1.90. The molecule has 1 N–H and O–H groups in total. The first-order chi connectivity index (χ1) is 14.1. The number of rotatable bonds is 5. The minimum atomic E-state index is -0.630. The van der Waals surface area contributed by atoms with Gasteiger partial charge >= 0.3 is 6.09 Å². The third kappa shape index (κ3) is 6.82. The Morgan fingerprint density at radius 2 is 1.50 bits per heavy atom. The molecule has 2 rings (SSSR count). The van der Waals surface area contributed by atoms with E-state index in [4.69, 9.17) is 14.2 Å². The predicted molar refractivity (Wildman–Crippen MR) is 111 cm³/mol. The zero-order valence-electron chi connectivity index (χ0n) is 18.3. The molecule has 30 heavy (non-hydrogen) atoms. The molecule has 0 radical (unpaired) electrons. The number of hydrogen-bond acceptors (Lipinski definition) is 6. The van der Waals surface area contributed by atoms with Crippen LogP contribution in [0.25, 0.3) is 0 Å². The van der Waals surface area contributed by atoms with E-state index >= 15 is 0 Å². The van der Waals surface area contributed by atoms with E-state index in [1.165, 1.54) is 14.2 Å². The largest absolute Gasteiger partial charge is 0.497 e. The highest BCUT2D eigenvalue weighted by atomic mass is 16.6. The molecule has 9 nitrogen and oxygen atoms in total. The molecule has 9 heteroatoms. The summed E-state index contributed by atoms with van der Waals surface area (Å²) in [6, 6.07) is 5.05. The molecule has 1 saturated heterocycles. The normalized spacial score (nSPS) is 14.6. The molecule has 0 saturated carbocycles. The average molecular weight is 421 g/mol. The monoisotopic (exact) mass is 421 g/mol. The van der Waals surface area contributed by atoms with Crippen LogP contribution in [-0.4, -0.2) is 80.3 Å². The minimum absolute atomic E-state index is 0.143. The number of nitrogens with one attached hydrogen (secondary N) is 1.